The van der Waals surface area contributed by atoms with E-state index in [1.807, 2.05) is 0 Å². The summed E-state index contributed by atoms with van der Waals surface area (Å²) in [6, 6.07) is 8.84. The van der Waals surface area contributed by atoms with Crippen LogP contribution in [0.5, 0.6) is 0 Å². The molecule has 2 aliphatic rings. The molecule has 1 saturated heterocycles. The predicted octanol–water partition coefficient (Wildman–Crippen LogP) is 2.31. The van der Waals surface area contributed by atoms with Crippen molar-refractivity contribution < 1.29 is 5.11 Å². The number of piperidine rings is 1. The number of rotatable bonds is 5. The molecule has 0 amide bonds. The van der Waals surface area contributed by atoms with Gasteiger partial charge in [0.05, 0.1) is 6.10 Å². The lowest BCUT2D eigenvalue weighted by atomic mass is 9.88. The van der Waals surface area contributed by atoms with Gasteiger partial charge in [-0.25, -0.2) is 0 Å². The van der Waals surface area contributed by atoms with Gasteiger partial charge in [0.25, 0.3) is 0 Å². The molecule has 0 bridgehead atoms. The molecular weight excluding hydrogens is 260 g/mol. The van der Waals surface area contributed by atoms with E-state index in [-0.39, 0.29) is 12.1 Å². The summed E-state index contributed by atoms with van der Waals surface area (Å²) in [7, 11) is 0. The van der Waals surface area contributed by atoms with Crippen molar-refractivity contribution in [2.45, 2.75) is 51.3 Å². The number of likely N-dealkylation sites (tertiary alicyclic amines) is 1. The van der Waals surface area contributed by atoms with Crippen molar-refractivity contribution in [3.8, 4) is 0 Å². The number of aliphatic hydroxyl groups is 1. The molecule has 3 atom stereocenters. The number of benzene rings is 1. The van der Waals surface area contributed by atoms with Crippen LogP contribution in [0, 0.1) is 18.8 Å². The van der Waals surface area contributed by atoms with E-state index in [2.05, 4.69) is 36.1 Å². The summed E-state index contributed by atoms with van der Waals surface area (Å²) in [5, 5.41) is 10.2. The number of nitrogens with zero attached hydrogens (tertiary/aromatic N) is 1. The van der Waals surface area contributed by atoms with E-state index < -0.39 is 0 Å². The summed E-state index contributed by atoms with van der Waals surface area (Å²) in [5.74, 6) is 1.13. The van der Waals surface area contributed by atoms with E-state index in [9.17, 15) is 5.11 Å². The Labute approximate surface area is 128 Å². The van der Waals surface area contributed by atoms with Crippen molar-refractivity contribution in [1.82, 2.24) is 4.90 Å². The maximum Gasteiger partial charge on any atom is 0.0571 e. The van der Waals surface area contributed by atoms with Crippen molar-refractivity contribution in [1.29, 1.82) is 0 Å². The Balaban J connectivity index is 1.58. The summed E-state index contributed by atoms with van der Waals surface area (Å²) < 4.78 is 0. The molecule has 3 N–H and O–H groups in total. The molecule has 1 heterocycles. The highest BCUT2D eigenvalue weighted by atomic mass is 16.3. The van der Waals surface area contributed by atoms with Gasteiger partial charge >= 0.3 is 0 Å². The number of aliphatic hydroxyl groups excluding tert-OH is 1. The van der Waals surface area contributed by atoms with Crippen molar-refractivity contribution in [3.63, 3.8) is 0 Å². The number of aryl methyl sites for hydroxylation is 1. The Bertz CT molecular complexity index is 472. The monoisotopic (exact) mass is 288 g/mol. The third-order valence-electron chi connectivity index (χ3n) is 5.04. The molecule has 1 saturated carbocycles. The molecule has 3 heteroatoms. The first-order valence-corrected chi connectivity index (χ1v) is 8.32. The van der Waals surface area contributed by atoms with Crippen LogP contribution in [0.15, 0.2) is 24.3 Å². The lowest BCUT2D eigenvalue weighted by molar-refractivity contribution is 0.0780. The first-order valence-electron chi connectivity index (χ1n) is 8.32. The Morgan fingerprint density at radius 1 is 1.29 bits per heavy atom. The first-order chi connectivity index (χ1) is 10.1. The Kier molecular flexibility index (Phi) is 4.63. The third kappa shape index (κ3) is 4.06. The van der Waals surface area contributed by atoms with Gasteiger partial charge in [-0.2, -0.15) is 0 Å². The van der Waals surface area contributed by atoms with Crippen LogP contribution in [0.2, 0.25) is 0 Å². The summed E-state index contributed by atoms with van der Waals surface area (Å²) in [6.07, 6.45) is 4.33. The van der Waals surface area contributed by atoms with E-state index in [4.69, 9.17) is 5.73 Å². The van der Waals surface area contributed by atoms with E-state index in [1.54, 1.807) is 0 Å². The van der Waals surface area contributed by atoms with Crippen LogP contribution in [-0.4, -0.2) is 35.2 Å². The summed E-state index contributed by atoms with van der Waals surface area (Å²) in [6.45, 7) is 5.21. The smallest absolute Gasteiger partial charge is 0.0571 e. The molecule has 21 heavy (non-hydrogen) atoms. The zero-order valence-electron chi connectivity index (χ0n) is 13.0. The second-order valence-electron chi connectivity index (χ2n) is 7.12. The fourth-order valence-electron chi connectivity index (χ4n) is 3.69. The first kappa shape index (κ1) is 15.0. The van der Waals surface area contributed by atoms with Gasteiger partial charge in [0, 0.05) is 25.7 Å². The van der Waals surface area contributed by atoms with E-state index in [0.717, 1.165) is 32.5 Å². The Morgan fingerprint density at radius 2 is 2.05 bits per heavy atom. The van der Waals surface area contributed by atoms with Gasteiger partial charge in [0.1, 0.15) is 0 Å². The van der Waals surface area contributed by atoms with Crippen molar-refractivity contribution in [2.75, 3.05) is 13.1 Å². The molecule has 1 aromatic rings. The van der Waals surface area contributed by atoms with Gasteiger partial charge in [0.15, 0.2) is 0 Å². The average Bonchev–Trinajstić information content (AvgIpc) is 3.25. The highest BCUT2D eigenvalue weighted by Gasteiger charge is 2.33. The predicted molar refractivity (Wildman–Crippen MR) is 85.9 cm³/mol. The third-order valence-corrected chi connectivity index (χ3v) is 5.04. The quantitative estimate of drug-likeness (QED) is 0.874. The van der Waals surface area contributed by atoms with E-state index in [1.165, 1.54) is 24.0 Å². The number of nitrogens with two attached hydrogens (primary N) is 1. The summed E-state index contributed by atoms with van der Waals surface area (Å²) in [5.41, 5.74) is 9.00. The minimum atomic E-state index is -0.0967. The standard InChI is InChI=1S/C18H28N2O/c1-13-4-2-3-5-16(13)11-20-10-14(8-17(19)12-20)9-18(21)15-6-7-15/h2-5,14-15,17-18,21H,6-12,19H2,1H3. The molecule has 2 fully saturated rings. The lowest BCUT2D eigenvalue weighted by Gasteiger charge is -2.37. The van der Waals surface area contributed by atoms with Crippen LogP contribution in [0.4, 0.5) is 0 Å². The largest absolute Gasteiger partial charge is 0.393 e. The minimum absolute atomic E-state index is 0.0967. The van der Waals surface area contributed by atoms with Gasteiger partial charge < -0.3 is 10.8 Å². The average molecular weight is 288 g/mol. The highest BCUT2D eigenvalue weighted by molar-refractivity contribution is 5.25. The topological polar surface area (TPSA) is 49.5 Å². The van der Waals surface area contributed by atoms with Crippen molar-refractivity contribution in [3.05, 3.63) is 35.4 Å². The zero-order chi connectivity index (χ0) is 14.8. The Morgan fingerprint density at radius 3 is 2.76 bits per heavy atom. The second kappa shape index (κ2) is 6.47. The molecule has 3 unspecified atom stereocenters. The molecule has 116 valence electrons. The number of hydrogen-bond donors (Lipinski definition) is 2. The maximum absolute atomic E-state index is 10.2. The fourth-order valence-corrected chi connectivity index (χ4v) is 3.69. The van der Waals surface area contributed by atoms with Crippen molar-refractivity contribution in [2.24, 2.45) is 17.6 Å². The molecule has 1 aromatic carbocycles. The van der Waals surface area contributed by atoms with Crippen molar-refractivity contribution >= 4 is 0 Å². The van der Waals surface area contributed by atoms with Crippen LogP contribution < -0.4 is 5.73 Å². The molecule has 1 aliphatic heterocycles. The Hall–Kier alpha value is -0.900. The second-order valence-corrected chi connectivity index (χ2v) is 7.12. The fraction of sp³-hybridized carbons (Fsp3) is 0.667. The normalized spacial score (nSPS) is 28.5. The molecule has 1 aliphatic carbocycles. The van der Waals surface area contributed by atoms with E-state index in [0.29, 0.717) is 11.8 Å². The molecule has 0 aromatic heterocycles. The van der Waals surface area contributed by atoms with Crippen LogP contribution in [-0.2, 0) is 6.54 Å². The lowest BCUT2D eigenvalue weighted by Crippen LogP contribution is -2.47. The molecular formula is C18H28N2O. The molecule has 0 radical (unpaired) electrons. The van der Waals surface area contributed by atoms with Gasteiger partial charge in [-0.1, -0.05) is 24.3 Å². The molecule has 3 rings (SSSR count). The maximum atomic E-state index is 10.2. The highest BCUT2D eigenvalue weighted by Crippen LogP contribution is 2.36. The van der Waals surface area contributed by atoms with Crippen LogP contribution in [0.1, 0.15) is 36.8 Å². The van der Waals surface area contributed by atoms with Crippen LogP contribution >= 0.6 is 0 Å². The summed E-state index contributed by atoms with van der Waals surface area (Å²) in [4.78, 5) is 2.47. The summed E-state index contributed by atoms with van der Waals surface area (Å²) >= 11 is 0. The van der Waals surface area contributed by atoms with Gasteiger partial charge in [-0.15, -0.1) is 0 Å². The SMILES string of the molecule is Cc1ccccc1CN1CC(N)CC(CC(O)C2CC2)C1. The van der Waals surface area contributed by atoms with Crippen LogP contribution in [0.3, 0.4) is 0 Å². The van der Waals surface area contributed by atoms with E-state index >= 15 is 0 Å². The molecule has 0 spiro atoms. The minimum Gasteiger partial charge on any atom is -0.393 e. The zero-order valence-corrected chi connectivity index (χ0v) is 13.0. The molecule has 3 nitrogen and oxygen atoms in total. The number of hydrogen-bond acceptors (Lipinski definition) is 3. The van der Waals surface area contributed by atoms with Gasteiger partial charge in [-0.3, -0.25) is 4.90 Å². The van der Waals surface area contributed by atoms with Gasteiger partial charge in [-0.05, 0) is 55.6 Å². The van der Waals surface area contributed by atoms with Crippen LogP contribution in [0.25, 0.3) is 0 Å². The van der Waals surface area contributed by atoms with Gasteiger partial charge in [0.2, 0.25) is 0 Å².